The molecule has 1 amide bonds. The molecule has 0 saturated carbocycles. The number of fused-ring (bicyclic) bond motifs is 1. The molecule has 0 fully saturated rings. The van der Waals surface area contributed by atoms with Crippen LogP contribution in [0.4, 0.5) is 5.69 Å². The highest BCUT2D eigenvalue weighted by molar-refractivity contribution is 6.03. The molecule has 0 saturated heterocycles. The maximum Gasteiger partial charge on any atom is 0.277 e. The molecule has 0 aromatic carbocycles. The molecule has 7 nitrogen and oxygen atoms in total. The number of nitrogens with zero attached hydrogens (tertiary/aromatic N) is 4. The summed E-state index contributed by atoms with van der Waals surface area (Å²) < 4.78 is 6.72. The van der Waals surface area contributed by atoms with E-state index in [0.717, 1.165) is 11.0 Å². The molecule has 21 heavy (non-hydrogen) atoms. The third-order valence-electron chi connectivity index (χ3n) is 3.04. The summed E-state index contributed by atoms with van der Waals surface area (Å²) in [6.45, 7) is 5.81. The maximum atomic E-state index is 12.0. The SMILES string of the molecule is Cc1cc(C(=O)Nc2cnc3c(cnn3C(C)C)c2)no1. The van der Waals surface area contributed by atoms with Gasteiger partial charge in [0.25, 0.3) is 5.91 Å². The smallest absolute Gasteiger partial charge is 0.277 e. The molecule has 0 atom stereocenters. The first kappa shape index (κ1) is 13.3. The van der Waals surface area contributed by atoms with E-state index in [4.69, 9.17) is 4.52 Å². The summed E-state index contributed by atoms with van der Waals surface area (Å²) in [5.41, 5.74) is 1.63. The molecule has 3 heterocycles. The maximum absolute atomic E-state index is 12.0. The lowest BCUT2D eigenvalue weighted by Gasteiger charge is -2.07. The lowest BCUT2D eigenvalue weighted by molar-refractivity contribution is 0.101. The number of aryl methyl sites for hydroxylation is 1. The topological polar surface area (TPSA) is 85.8 Å². The van der Waals surface area contributed by atoms with Crippen LogP contribution < -0.4 is 5.32 Å². The van der Waals surface area contributed by atoms with Gasteiger partial charge in [0.2, 0.25) is 0 Å². The first-order valence-corrected chi connectivity index (χ1v) is 6.62. The van der Waals surface area contributed by atoms with E-state index in [0.29, 0.717) is 11.4 Å². The van der Waals surface area contributed by atoms with Crippen LogP contribution in [-0.2, 0) is 0 Å². The Morgan fingerprint density at radius 3 is 2.81 bits per heavy atom. The molecule has 7 heteroatoms. The van der Waals surface area contributed by atoms with Crippen molar-refractivity contribution in [2.75, 3.05) is 5.32 Å². The summed E-state index contributed by atoms with van der Waals surface area (Å²) >= 11 is 0. The number of anilines is 1. The molecule has 0 aliphatic carbocycles. The minimum Gasteiger partial charge on any atom is -0.361 e. The second kappa shape index (κ2) is 5.01. The van der Waals surface area contributed by atoms with Crippen molar-refractivity contribution in [1.29, 1.82) is 0 Å². The van der Waals surface area contributed by atoms with Crippen LogP contribution in [0.25, 0.3) is 11.0 Å². The molecular weight excluding hydrogens is 270 g/mol. The number of pyridine rings is 1. The largest absolute Gasteiger partial charge is 0.361 e. The van der Waals surface area contributed by atoms with Gasteiger partial charge >= 0.3 is 0 Å². The third kappa shape index (κ3) is 2.49. The number of nitrogens with one attached hydrogen (secondary N) is 1. The highest BCUT2D eigenvalue weighted by Crippen LogP contribution is 2.19. The van der Waals surface area contributed by atoms with Crippen LogP contribution in [0, 0.1) is 6.92 Å². The molecule has 3 rings (SSSR count). The van der Waals surface area contributed by atoms with E-state index in [1.165, 1.54) is 0 Å². The highest BCUT2D eigenvalue weighted by atomic mass is 16.5. The molecule has 0 radical (unpaired) electrons. The summed E-state index contributed by atoms with van der Waals surface area (Å²) in [5.74, 6) is 0.260. The zero-order valence-corrected chi connectivity index (χ0v) is 12.0. The monoisotopic (exact) mass is 285 g/mol. The van der Waals surface area contributed by atoms with Gasteiger partial charge in [-0.2, -0.15) is 5.10 Å². The van der Waals surface area contributed by atoms with Crippen molar-refractivity contribution in [3.05, 3.63) is 36.0 Å². The van der Waals surface area contributed by atoms with Crippen LogP contribution in [-0.4, -0.2) is 25.8 Å². The van der Waals surface area contributed by atoms with Gasteiger partial charge in [-0.05, 0) is 26.8 Å². The molecule has 0 aliphatic rings. The van der Waals surface area contributed by atoms with Gasteiger partial charge in [0.15, 0.2) is 11.3 Å². The molecule has 0 unspecified atom stereocenters. The first-order chi connectivity index (χ1) is 10.0. The third-order valence-corrected chi connectivity index (χ3v) is 3.04. The fraction of sp³-hybridized carbons (Fsp3) is 0.286. The van der Waals surface area contributed by atoms with E-state index in [9.17, 15) is 4.79 Å². The normalized spacial score (nSPS) is 11.2. The average Bonchev–Trinajstić information content (AvgIpc) is 3.04. The predicted octanol–water partition coefficient (Wildman–Crippen LogP) is 2.56. The van der Waals surface area contributed by atoms with E-state index in [1.54, 1.807) is 25.4 Å². The van der Waals surface area contributed by atoms with Crippen molar-refractivity contribution in [3.8, 4) is 0 Å². The Labute approximate surface area is 120 Å². The standard InChI is InChI=1S/C14H15N5O2/c1-8(2)19-13-10(6-16-19)5-11(7-15-13)17-14(20)12-4-9(3)21-18-12/h4-8H,1-3H3,(H,17,20). The summed E-state index contributed by atoms with van der Waals surface area (Å²) in [6.07, 6.45) is 3.34. The zero-order chi connectivity index (χ0) is 15.0. The molecule has 1 N–H and O–H groups in total. The van der Waals surface area contributed by atoms with Gasteiger partial charge in [-0.25, -0.2) is 9.67 Å². The van der Waals surface area contributed by atoms with Crippen molar-refractivity contribution in [2.24, 2.45) is 0 Å². The van der Waals surface area contributed by atoms with Crippen LogP contribution >= 0.6 is 0 Å². The number of carbonyl (C=O) groups is 1. The molecular formula is C14H15N5O2. The summed E-state index contributed by atoms with van der Waals surface area (Å²) in [5, 5.41) is 11.6. The van der Waals surface area contributed by atoms with E-state index >= 15 is 0 Å². The number of hydrogen-bond acceptors (Lipinski definition) is 5. The fourth-order valence-electron chi connectivity index (χ4n) is 2.05. The van der Waals surface area contributed by atoms with Gasteiger partial charge in [0.05, 0.1) is 18.1 Å². The molecule has 0 aliphatic heterocycles. The Hall–Kier alpha value is -2.70. The van der Waals surface area contributed by atoms with Crippen molar-refractivity contribution < 1.29 is 9.32 Å². The van der Waals surface area contributed by atoms with Crippen molar-refractivity contribution in [1.82, 2.24) is 19.9 Å². The minimum atomic E-state index is -0.329. The molecule has 3 aromatic rings. The fourth-order valence-corrected chi connectivity index (χ4v) is 2.05. The quantitative estimate of drug-likeness (QED) is 0.799. The number of aromatic nitrogens is 4. The zero-order valence-electron chi connectivity index (χ0n) is 12.0. The molecule has 0 bridgehead atoms. The van der Waals surface area contributed by atoms with E-state index in [2.05, 4.69) is 20.6 Å². The number of amides is 1. The van der Waals surface area contributed by atoms with Crippen molar-refractivity contribution in [2.45, 2.75) is 26.8 Å². The highest BCUT2D eigenvalue weighted by Gasteiger charge is 2.13. The Morgan fingerprint density at radius 1 is 1.33 bits per heavy atom. The van der Waals surface area contributed by atoms with Gasteiger partial charge in [0, 0.05) is 17.5 Å². The van der Waals surface area contributed by atoms with E-state index in [1.807, 2.05) is 24.6 Å². The number of carbonyl (C=O) groups excluding carboxylic acids is 1. The van der Waals surface area contributed by atoms with Gasteiger partial charge in [-0.15, -0.1) is 0 Å². The number of rotatable bonds is 3. The Balaban J connectivity index is 1.86. The van der Waals surface area contributed by atoms with Crippen LogP contribution in [0.3, 0.4) is 0 Å². The van der Waals surface area contributed by atoms with Gasteiger partial charge in [-0.1, -0.05) is 5.16 Å². The summed E-state index contributed by atoms with van der Waals surface area (Å²) in [6, 6.07) is 3.64. The Kier molecular flexibility index (Phi) is 3.17. The minimum absolute atomic E-state index is 0.230. The van der Waals surface area contributed by atoms with Crippen LogP contribution in [0.1, 0.15) is 36.1 Å². The Morgan fingerprint density at radius 2 is 2.14 bits per heavy atom. The van der Waals surface area contributed by atoms with Crippen molar-refractivity contribution >= 4 is 22.6 Å². The average molecular weight is 285 g/mol. The first-order valence-electron chi connectivity index (χ1n) is 6.62. The van der Waals surface area contributed by atoms with Crippen LogP contribution in [0.5, 0.6) is 0 Å². The lowest BCUT2D eigenvalue weighted by Crippen LogP contribution is -2.12. The van der Waals surface area contributed by atoms with Crippen molar-refractivity contribution in [3.63, 3.8) is 0 Å². The second-order valence-corrected chi connectivity index (χ2v) is 5.10. The Bertz CT molecular complexity index is 803. The number of hydrogen-bond donors (Lipinski definition) is 1. The van der Waals surface area contributed by atoms with Gasteiger partial charge < -0.3 is 9.84 Å². The van der Waals surface area contributed by atoms with E-state index in [-0.39, 0.29) is 17.6 Å². The van der Waals surface area contributed by atoms with Crippen LogP contribution in [0.15, 0.2) is 29.0 Å². The summed E-state index contributed by atoms with van der Waals surface area (Å²) in [7, 11) is 0. The predicted molar refractivity (Wildman–Crippen MR) is 77.1 cm³/mol. The van der Waals surface area contributed by atoms with E-state index < -0.39 is 0 Å². The summed E-state index contributed by atoms with van der Waals surface area (Å²) in [4.78, 5) is 16.4. The van der Waals surface area contributed by atoms with Gasteiger partial charge in [-0.3, -0.25) is 4.79 Å². The molecule has 3 aromatic heterocycles. The van der Waals surface area contributed by atoms with Crippen LogP contribution in [0.2, 0.25) is 0 Å². The van der Waals surface area contributed by atoms with Gasteiger partial charge in [0.1, 0.15) is 5.76 Å². The molecule has 108 valence electrons. The molecule has 0 spiro atoms. The lowest BCUT2D eigenvalue weighted by atomic mass is 10.3. The second-order valence-electron chi connectivity index (χ2n) is 5.10.